The van der Waals surface area contributed by atoms with Crippen LogP contribution in [0.1, 0.15) is 55.1 Å². The van der Waals surface area contributed by atoms with Gasteiger partial charge in [0.05, 0.1) is 24.2 Å². The van der Waals surface area contributed by atoms with Crippen LogP contribution in [0.15, 0.2) is 42.6 Å². The van der Waals surface area contributed by atoms with E-state index in [0.717, 1.165) is 37.3 Å². The van der Waals surface area contributed by atoms with Crippen LogP contribution in [0.4, 0.5) is 17.3 Å². The monoisotopic (exact) mass is 580 g/mol. The molecular formula is C30H40N6O4S. The number of rotatable bonds is 11. The molecule has 10 nitrogen and oxygen atoms in total. The Morgan fingerprint density at radius 1 is 1.12 bits per heavy atom. The molecule has 41 heavy (non-hydrogen) atoms. The predicted molar refractivity (Wildman–Crippen MR) is 165 cm³/mol. The van der Waals surface area contributed by atoms with Crippen molar-refractivity contribution in [2.75, 3.05) is 54.9 Å². The average Bonchev–Trinajstić information content (AvgIpc) is 3.43. The van der Waals surface area contributed by atoms with Gasteiger partial charge in [0.2, 0.25) is 11.8 Å². The van der Waals surface area contributed by atoms with E-state index in [9.17, 15) is 9.35 Å². The van der Waals surface area contributed by atoms with Crippen molar-refractivity contribution in [3.63, 3.8) is 0 Å². The lowest BCUT2D eigenvalue weighted by atomic mass is 9.86. The van der Waals surface area contributed by atoms with Crippen molar-refractivity contribution in [2.24, 2.45) is 0 Å². The number of nitrogens with one attached hydrogen (secondary N) is 3. The molecule has 0 bridgehead atoms. The SMILES string of the molecule is COc1c(NC(=O)c2ccc(C)c(Oc3ccnc(NCCN4CCCC4)n3)c2)cc(C(C)(C)C)cc1N[S+](C)[O-]. The molecule has 1 aliphatic heterocycles. The highest BCUT2D eigenvalue weighted by molar-refractivity contribution is 7.92. The van der Waals surface area contributed by atoms with Crippen LogP contribution in [0.5, 0.6) is 17.4 Å². The second kappa shape index (κ2) is 13.4. The van der Waals surface area contributed by atoms with Gasteiger partial charge in [-0.2, -0.15) is 4.98 Å². The van der Waals surface area contributed by atoms with E-state index in [1.807, 2.05) is 25.1 Å². The molecule has 3 N–H and O–H groups in total. The Balaban J connectivity index is 1.51. The van der Waals surface area contributed by atoms with Gasteiger partial charge in [0.1, 0.15) is 17.7 Å². The van der Waals surface area contributed by atoms with Crippen molar-refractivity contribution < 1.29 is 18.8 Å². The Morgan fingerprint density at radius 2 is 1.85 bits per heavy atom. The number of aromatic nitrogens is 2. The van der Waals surface area contributed by atoms with Gasteiger partial charge in [0.25, 0.3) is 5.91 Å². The molecule has 1 amide bonds. The summed E-state index contributed by atoms with van der Waals surface area (Å²) in [6.45, 7) is 12.1. The number of aryl methyl sites for hydroxylation is 1. The highest BCUT2D eigenvalue weighted by Crippen LogP contribution is 2.39. The molecule has 1 unspecified atom stereocenters. The Bertz CT molecular complexity index is 1360. The van der Waals surface area contributed by atoms with Crippen molar-refractivity contribution in [3.05, 3.63) is 59.3 Å². The maximum Gasteiger partial charge on any atom is 0.255 e. The molecule has 220 valence electrons. The number of ether oxygens (including phenoxy) is 2. The minimum Gasteiger partial charge on any atom is -0.593 e. The van der Waals surface area contributed by atoms with Crippen LogP contribution < -0.4 is 24.8 Å². The first-order chi connectivity index (χ1) is 19.5. The number of nitrogens with zero attached hydrogens (tertiary/aromatic N) is 3. The summed E-state index contributed by atoms with van der Waals surface area (Å²) in [6, 6.07) is 10.7. The average molecular weight is 581 g/mol. The van der Waals surface area contributed by atoms with Crippen LogP contribution in [-0.4, -0.2) is 64.9 Å². The van der Waals surface area contributed by atoms with Crippen LogP contribution in [-0.2, 0) is 16.8 Å². The minimum absolute atomic E-state index is 0.221. The van der Waals surface area contributed by atoms with E-state index in [1.165, 1.54) is 20.0 Å². The fourth-order valence-electron chi connectivity index (χ4n) is 4.58. The summed E-state index contributed by atoms with van der Waals surface area (Å²) < 4.78 is 26.6. The zero-order chi connectivity index (χ0) is 29.6. The topological polar surface area (TPSA) is 124 Å². The van der Waals surface area contributed by atoms with Crippen molar-refractivity contribution >= 4 is 34.6 Å². The van der Waals surface area contributed by atoms with Crippen LogP contribution in [0.25, 0.3) is 0 Å². The van der Waals surface area contributed by atoms with Crippen molar-refractivity contribution in [1.29, 1.82) is 0 Å². The third kappa shape index (κ3) is 8.25. The summed E-state index contributed by atoms with van der Waals surface area (Å²) in [6.07, 6.45) is 5.70. The Hall–Kier alpha value is -3.54. The fourth-order valence-corrected chi connectivity index (χ4v) is 5.04. The number of carbonyl (C=O) groups is 1. The molecule has 0 saturated carbocycles. The zero-order valence-electron chi connectivity index (χ0n) is 24.7. The number of benzene rings is 2. The van der Waals surface area contributed by atoms with Crippen LogP contribution in [0.3, 0.4) is 0 Å². The first-order valence-corrected chi connectivity index (χ1v) is 15.3. The second-order valence-electron chi connectivity index (χ2n) is 11.1. The maximum atomic E-state index is 13.4. The number of anilines is 3. The summed E-state index contributed by atoms with van der Waals surface area (Å²) in [5, 5.41) is 6.24. The first kappa shape index (κ1) is 30.4. The number of hydrogen-bond acceptors (Lipinski definition) is 9. The van der Waals surface area contributed by atoms with Crippen molar-refractivity contribution in [2.45, 2.75) is 46.0 Å². The van der Waals surface area contributed by atoms with Crippen molar-refractivity contribution in [3.8, 4) is 17.4 Å². The molecule has 2 aromatic carbocycles. The molecule has 1 fully saturated rings. The van der Waals surface area contributed by atoms with Gasteiger partial charge in [-0.05, 0) is 73.7 Å². The fraction of sp³-hybridized carbons (Fsp3) is 0.433. The second-order valence-corrected chi connectivity index (χ2v) is 12.3. The summed E-state index contributed by atoms with van der Waals surface area (Å²) in [5.41, 5.74) is 3.00. The molecule has 0 spiro atoms. The quantitative estimate of drug-likeness (QED) is 0.258. The molecule has 1 atom stereocenters. The lowest BCUT2D eigenvalue weighted by molar-refractivity contribution is 0.102. The molecule has 0 radical (unpaired) electrons. The third-order valence-electron chi connectivity index (χ3n) is 6.87. The predicted octanol–water partition coefficient (Wildman–Crippen LogP) is 5.35. The van der Waals surface area contributed by atoms with E-state index in [4.69, 9.17) is 9.47 Å². The van der Waals surface area contributed by atoms with Crippen molar-refractivity contribution in [1.82, 2.24) is 14.9 Å². The van der Waals surface area contributed by atoms with Gasteiger partial charge in [-0.3, -0.25) is 4.79 Å². The number of likely N-dealkylation sites (tertiary alicyclic amines) is 1. The van der Waals surface area contributed by atoms with Gasteiger partial charge in [-0.15, -0.1) is 0 Å². The highest BCUT2D eigenvalue weighted by Gasteiger charge is 2.23. The normalized spacial score (nSPS) is 14.4. The molecule has 11 heteroatoms. The van der Waals surface area contributed by atoms with Gasteiger partial charge >= 0.3 is 0 Å². The van der Waals surface area contributed by atoms with Gasteiger partial charge in [0.15, 0.2) is 5.75 Å². The molecule has 4 rings (SSSR count). The number of methoxy groups -OCH3 is 1. The Kier molecular flexibility index (Phi) is 9.95. The molecule has 0 aliphatic carbocycles. The first-order valence-electron chi connectivity index (χ1n) is 13.7. The number of amides is 1. The standard InChI is InChI=1S/C30H40N6O4S/c1-20-9-10-21(17-25(20)40-26-11-12-31-29(34-26)32-13-16-36-14-7-8-15-36)28(37)33-23-18-22(30(2,3)4)19-24(27(23)39-5)35-41(6)38/h9-12,17-19,35H,7-8,13-16H2,1-6H3,(H,33,37)(H,31,32,34). The van der Waals surface area contributed by atoms with E-state index >= 15 is 0 Å². The highest BCUT2D eigenvalue weighted by atomic mass is 32.2. The summed E-state index contributed by atoms with van der Waals surface area (Å²) >= 11 is -1.33. The minimum atomic E-state index is -1.33. The Morgan fingerprint density at radius 3 is 2.54 bits per heavy atom. The molecule has 1 aliphatic rings. The lowest BCUT2D eigenvalue weighted by Gasteiger charge is -2.24. The van der Waals surface area contributed by atoms with E-state index < -0.39 is 11.4 Å². The molecule has 2 heterocycles. The lowest BCUT2D eigenvalue weighted by Crippen LogP contribution is -2.26. The van der Waals surface area contributed by atoms with Crippen LogP contribution >= 0.6 is 0 Å². The Labute approximate surface area is 245 Å². The smallest absolute Gasteiger partial charge is 0.255 e. The van der Waals surface area contributed by atoms with E-state index in [2.05, 4.69) is 51.0 Å². The van der Waals surface area contributed by atoms with Crippen LogP contribution in [0, 0.1) is 6.92 Å². The van der Waals surface area contributed by atoms with Gasteiger partial charge < -0.3 is 29.6 Å². The zero-order valence-corrected chi connectivity index (χ0v) is 25.5. The molecule has 1 aromatic heterocycles. The maximum absolute atomic E-state index is 13.4. The molecule has 1 saturated heterocycles. The van der Waals surface area contributed by atoms with E-state index in [1.54, 1.807) is 30.7 Å². The van der Waals surface area contributed by atoms with Gasteiger partial charge in [-0.25, -0.2) is 9.71 Å². The molecular weight excluding hydrogens is 540 g/mol. The number of hydrogen-bond donors (Lipinski definition) is 3. The van der Waals surface area contributed by atoms with Crippen LogP contribution in [0.2, 0.25) is 0 Å². The summed E-state index contributed by atoms with van der Waals surface area (Å²) in [7, 11) is 1.51. The largest absolute Gasteiger partial charge is 0.593 e. The number of carbonyl (C=O) groups excluding carboxylic acids is 1. The summed E-state index contributed by atoms with van der Waals surface area (Å²) in [4.78, 5) is 24.6. The third-order valence-corrected chi connectivity index (χ3v) is 7.37. The van der Waals surface area contributed by atoms with E-state index in [-0.39, 0.29) is 11.3 Å². The molecule has 3 aromatic rings. The summed E-state index contributed by atoms with van der Waals surface area (Å²) in [5.74, 6) is 1.45. The van der Waals surface area contributed by atoms with Gasteiger partial charge in [0, 0.05) is 30.9 Å². The van der Waals surface area contributed by atoms with E-state index in [0.29, 0.717) is 40.3 Å². The van der Waals surface area contributed by atoms with Gasteiger partial charge in [-0.1, -0.05) is 26.8 Å².